The first-order chi connectivity index (χ1) is 12.4. The zero-order chi connectivity index (χ0) is 19.8. The molecule has 0 radical (unpaired) electrons. The van der Waals surface area contributed by atoms with Crippen LogP contribution in [0.4, 0.5) is 5.69 Å². The molecule has 2 aromatic rings. The fourth-order valence-corrected chi connectivity index (χ4v) is 3.65. The standard InChI is InChI=1S/C23H25NO3/c1-21(2,3)13-11-16(22(4,5)6)18-17(12-13)24-19-14-9-7-8-10-15(14)20(25)23(19,26)27-18/h7-12,26H,1-6H3. The minimum absolute atomic E-state index is 0.0631. The van der Waals surface area contributed by atoms with E-state index in [0.29, 0.717) is 22.6 Å². The van der Waals surface area contributed by atoms with E-state index in [2.05, 4.69) is 47.6 Å². The van der Waals surface area contributed by atoms with Crippen molar-refractivity contribution in [1.29, 1.82) is 0 Å². The number of carbonyl (C=O) groups is 1. The summed E-state index contributed by atoms with van der Waals surface area (Å²) in [5.74, 6) is -2.02. The molecule has 0 fully saturated rings. The Morgan fingerprint density at radius 1 is 0.963 bits per heavy atom. The van der Waals surface area contributed by atoms with Gasteiger partial charge in [0.2, 0.25) is 5.78 Å². The first-order valence-corrected chi connectivity index (χ1v) is 9.27. The molecule has 0 bridgehead atoms. The molecular weight excluding hydrogens is 338 g/mol. The lowest BCUT2D eigenvalue weighted by Gasteiger charge is -2.34. The number of ether oxygens (including phenoxy) is 1. The van der Waals surface area contributed by atoms with Crippen molar-refractivity contribution in [2.75, 3.05) is 0 Å². The first kappa shape index (κ1) is 17.9. The number of hydrogen-bond acceptors (Lipinski definition) is 4. The lowest BCUT2D eigenvalue weighted by Crippen LogP contribution is -2.49. The SMILES string of the molecule is CC(C)(C)c1cc2c(c(C(C)(C)C)c1)OC1(O)C(=O)c3ccccc3C1=N2. The normalized spacial score (nSPS) is 21.1. The molecule has 4 nitrogen and oxygen atoms in total. The molecule has 2 aromatic carbocycles. The second kappa shape index (κ2) is 5.29. The van der Waals surface area contributed by atoms with E-state index in [1.807, 2.05) is 12.1 Å². The van der Waals surface area contributed by atoms with Gasteiger partial charge >= 0.3 is 5.79 Å². The van der Waals surface area contributed by atoms with Gasteiger partial charge in [0, 0.05) is 16.7 Å². The highest BCUT2D eigenvalue weighted by molar-refractivity contribution is 6.33. The van der Waals surface area contributed by atoms with Crippen LogP contribution in [0.15, 0.2) is 41.4 Å². The molecule has 1 aliphatic heterocycles. The van der Waals surface area contributed by atoms with Crippen molar-refractivity contribution in [3.8, 4) is 5.75 Å². The largest absolute Gasteiger partial charge is 0.447 e. The summed E-state index contributed by atoms with van der Waals surface area (Å²) in [5.41, 5.74) is 3.80. The molecule has 1 aliphatic carbocycles. The van der Waals surface area contributed by atoms with Crippen molar-refractivity contribution in [3.63, 3.8) is 0 Å². The van der Waals surface area contributed by atoms with Gasteiger partial charge in [-0.15, -0.1) is 0 Å². The molecular formula is C23H25NO3. The van der Waals surface area contributed by atoms with E-state index < -0.39 is 11.6 Å². The minimum Gasteiger partial charge on any atom is -0.447 e. The molecule has 1 atom stereocenters. The summed E-state index contributed by atoms with van der Waals surface area (Å²) < 4.78 is 6.04. The Hall–Kier alpha value is -2.46. The van der Waals surface area contributed by atoms with E-state index >= 15 is 0 Å². The summed E-state index contributed by atoms with van der Waals surface area (Å²) in [6.45, 7) is 12.7. The molecule has 0 spiro atoms. The van der Waals surface area contributed by atoms with Gasteiger partial charge in [-0.25, -0.2) is 4.99 Å². The summed E-state index contributed by atoms with van der Waals surface area (Å²) in [4.78, 5) is 17.6. The van der Waals surface area contributed by atoms with Crippen LogP contribution in [0, 0.1) is 0 Å². The zero-order valence-corrected chi connectivity index (χ0v) is 16.7. The Morgan fingerprint density at radius 3 is 2.19 bits per heavy atom. The van der Waals surface area contributed by atoms with Crippen LogP contribution in [-0.4, -0.2) is 22.4 Å². The van der Waals surface area contributed by atoms with Crippen molar-refractivity contribution >= 4 is 17.2 Å². The van der Waals surface area contributed by atoms with Crippen molar-refractivity contribution in [3.05, 3.63) is 58.7 Å². The molecule has 4 heteroatoms. The van der Waals surface area contributed by atoms with Crippen LogP contribution < -0.4 is 4.74 Å². The molecule has 0 saturated heterocycles. The molecule has 140 valence electrons. The van der Waals surface area contributed by atoms with Gasteiger partial charge < -0.3 is 9.84 Å². The molecule has 27 heavy (non-hydrogen) atoms. The van der Waals surface area contributed by atoms with Crippen LogP contribution >= 0.6 is 0 Å². The maximum absolute atomic E-state index is 12.9. The lowest BCUT2D eigenvalue weighted by atomic mass is 9.79. The Morgan fingerprint density at radius 2 is 1.59 bits per heavy atom. The average molecular weight is 363 g/mol. The number of rotatable bonds is 0. The van der Waals surface area contributed by atoms with Gasteiger partial charge in [0.15, 0.2) is 5.75 Å². The van der Waals surface area contributed by atoms with Gasteiger partial charge in [-0.2, -0.15) is 0 Å². The van der Waals surface area contributed by atoms with Crippen LogP contribution in [0.5, 0.6) is 5.75 Å². The molecule has 1 unspecified atom stereocenters. The number of Topliss-reactive ketones (excluding diaryl/α,β-unsaturated/α-hetero) is 1. The molecule has 4 rings (SSSR count). The third-order valence-electron chi connectivity index (χ3n) is 5.28. The summed E-state index contributed by atoms with van der Waals surface area (Å²) >= 11 is 0. The monoisotopic (exact) mass is 363 g/mol. The van der Waals surface area contributed by atoms with Crippen LogP contribution in [0.1, 0.15) is 68.6 Å². The highest BCUT2D eigenvalue weighted by Gasteiger charge is 2.55. The number of benzene rings is 2. The third kappa shape index (κ3) is 2.54. The molecule has 1 N–H and O–H groups in total. The van der Waals surface area contributed by atoms with E-state index in [1.165, 1.54) is 0 Å². The minimum atomic E-state index is -2.06. The summed E-state index contributed by atoms with van der Waals surface area (Å²) in [5, 5.41) is 11.2. The zero-order valence-electron chi connectivity index (χ0n) is 16.7. The fraction of sp³-hybridized carbons (Fsp3) is 0.391. The number of nitrogens with zero attached hydrogens (tertiary/aromatic N) is 1. The van der Waals surface area contributed by atoms with Crippen molar-refractivity contribution in [2.24, 2.45) is 4.99 Å². The topological polar surface area (TPSA) is 58.9 Å². The van der Waals surface area contributed by atoms with E-state index in [0.717, 1.165) is 11.1 Å². The molecule has 1 heterocycles. The van der Waals surface area contributed by atoms with E-state index in [1.54, 1.807) is 18.2 Å². The van der Waals surface area contributed by atoms with E-state index in [-0.39, 0.29) is 16.5 Å². The Balaban J connectivity index is 2.02. The van der Waals surface area contributed by atoms with Crippen LogP contribution in [0.2, 0.25) is 0 Å². The lowest BCUT2D eigenvalue weighted by molar-refractivity contribution is -0.0467. The molecule has 0 aromatic heterocycles. The summed E-state index contributed by atoms with van der Waals surface area (Å²) in [6.07, 6.45) is 0. The Labute approximate surface area is 159 Å². The number of ketones is 1. The van der Waals surface area contributed by atoms with Gasteiger partial charge in [0.1, 0.15) is 11.4 Å². The van der Waals surface area contributed by atoms with E-state index in [4.69, 9.17) is 9.73 Å². The van der Waals surface area contributed by atoms with Gasteiger partial charge in [-0.1, -0.05) is 71.9 Å². The van der Waals surface area contributed by atoms with Crippen LogP contribution in [0.25, 0.3) is 0 Å². The first-order valence-electron chi connectivity index (χ1n) is 9.27. The number of carbonyl (C=O) groups excluding carboxylic acids is 1. The summed E-state index contributed by atoms with van der Waals surface area (Å²) in [7, 11) is 0. The van der Waals surface area contributed by atoms with Gasteiger partial charge in [-0.3, -0.25) is 4.79 Å². The third-order valence-corrected chi connectivity index (χ3v) is 5.28. The molecule has 2 aliphatic rings. The highest BCUT2D eigenvalue weighted by Crippen LogP contribution is 2.48. The van der Waals surface area contributed by atoms with Crippen molar-refractivity contribution in [1.82, 2.24) is 0 Å². The van der Waals surface area contributed by atoms with Crippen molar-refractivity contribution < 1.29 is 14.6 Å². The maximum atomic E-state index is 12.9. The molecule has 0 amide bonds. The van der Waals surface area contributed by atoms with Crippen molar-refractivity contribution in [2.45, 2.75) is 58.2 Å². The Kier molecular flexibility index (Phi) is 3.51. The quantitative estimate of drug-likeness (QED) is 0.739. The molecule has 0 saturated carbocycles. The highest BCUT2D eigenvalue weighted by atomic mass is 16.6. The predicted molar refractivity (Wildman–Crippen MR) is 106 cm³/mol. The van der Waals surface area contributed by atoms with Gasteiger partial charge in [0.05, 0.1) is 0 Å². The van der Waals surface area contributed by atoms with E-state index in [9.17, 15) is 9.90 Å². The average Bonchev–Trinajstić information content (AvgIpc) is 2.78. The number of aliphatic hydroxyl groups is 1. The van der Waals surface area contributed by atoms with Crippen LogP contribution in [0.3, 0.4) is 0 Å². The fourth-order valence-electron chi connectivity index (χ4n) is 3.65. The smallest absolute Gasteiger partial charge is 0.318 e. The van der Waals surface area contributed by atoms with Gasteiger partial charge in [-0.05, 0) is 22.5 Å². The number of hydrogen-bond donors (Lipinski definition) is 1. The Bertz CT molecular complexity index is 1010. The predicted octanol–water partition coefficient (Wildman–Crippen LogP) is 4.68. The number of aliphatic imine (C=N–C) groups is 1. The second-order valence-corrected chi connectivity index (χ2v) is 9.45. The maximum Gasteiger partial charge on any atom is 0.318 e. The second-order valence-electron chi connectivity index (χ2n) is 9.45. The number of fused-ring (bicyclic) bond motifs is 4. The van der Waals surface area contributed by atoms with Gasteiger partial charge in [0.25, 0.3) is 0 Å². The van der Waals surface area contributed by atoms with Crippen LogP contribution in [-0.2, 0) is 10.8 Å². The summed E-state index contributed by atoms with van der Waals surface area (Å²) in [6, 6.07) is 11.2.